The van der Waals surface area contributed by atoms with Gasteiger partial charge in [0.05, 0.1) is 27.7 Å². The van der Waals surface area contributed by atoms with Crippen LogP contribution in [-0.4, -0.2) is 34.5 Å². The van der Waals surface area contributed by atoms with Gasteiger partial charge in [-0.2, -0.15) is 0 Å². The van der Waals surface area contributed by atoms with E-state index in [2.05, 4.69) is 4.98 Å². The predicted octanol–water partition coefficient (Wildman–Crippen LogP) is 12.6. The van der Waals surface area contributed by atoms with Gasteiger partial charge in [0.15, 0.2) is 12.4 Å². The Hall–Kier alpha value is -5.31. The van der Waals surface area contributed by atoms with E-state index in [4.69, 9.17) is 49.0 Å². The van der Waals surface area contributed by atoms with Crippen molar-refractivity contribution in [2.24, 2.45) is 0 Å². The molecule has 1 fully saturated rings. The zero-order chi connectivity index (χ0) is 40.4. The summed E-state index contributed by atoms with van der Waals surface area (Å²) in [4.78, 5) is 4.53. The number of benzene rings is 7. The molecular formula is C50H38Cl3FN2O3. The summed E-state index contributed by atoms with van der Waals surface area (Å²) in [5.41, 5.74) is 3.61. The van der Waals surface area contributed by atoms with Gasteiger partial charge in [0.25, 0.3) is 0 Å². The fraction of sp³-hybridized carbons (Fsp3) is 0.140. The maximum atomic E-state index is 18.1. The average molecular weight is 840 g/mol. The summed E-state index contributed by atoms with van der Waals surface area (Å²) in [6.07, 6.45) is -5.29. The van der Waals surface area contributed by atoms with Crippen molar-refractivity contribution >= 4 is 45.8 Å². The number of aromatic nitrogens is 2. The van der Waals surface area contributed by atoms with Crippen LogP contribution < -0.4 is 0 Å². The fourth-order valence-corrected chi connectivity index (χ4v) is 8.98. The Morgan fingerprint density at radius 1 is 0.542 bits per heavy atom. The summed E-state index contributed by atoms with van der Waals surface area (Å²) in [5.74, 6) is 0. The molecule has 0 N–H and O–H groups in total. The quantitative estimate of drug-likeness (QED) is 0.115. The van der Waals surface area contributed by atoms with E-state index in [0.29, 0.717) is 16.1 Å². The molecule has 9 heteroatoms. The summed E-state index contributed by atoms with van der Waals surface area (Å²) in [5, 5.41) is 0.584. The number of alkyl halides is 1. The van der Waals surface area contributed by atoms with Crippen LogP contribution in [0.15, 0.2) is 194 Å². The number of hydrogen-bond acceptors (Lipinski definition) is 4. The number of fused-ring (bicyclic) bond motifs is 1. The molecule has 5 nitrogen and oxygen atoms in total. The topological polar surface area (TPSA) is 45.5 Å². The van der Waals surface area contributed by atoms with Crippen molar-refractivity contribution in [3.05, 3.63) is 243 Å². The highest BCUT2D eigenvalue weighted by Gasteiger charge is 2.54. The number of rotatable bonds is 12. The summed E-state index contributed by atoms with van der Waals surface area (Å²) in [7, 11) is 0. The van der Waals surface area contributed by atoms with Crippen LogP contribution in [-0.2, 0) is 25.4 Å². The lowest BCUT2D eigenvalue weighted by atomic mass is 9.79. The maximum absolute atomic E-state index is 18.1. The largest absolute Gasteiger partial charge is 0.358 e. The number of ether oxygens (including phenoxy) is 3. The van der Waals surface area contributed by atoms with Crippen molar-refractivity contribution in [2.45, 2.75) is 35.8 Å². The number of halogens is 4. The van der Waals surface area contributed by atoms with Crippen molar-refractivity contribution in [1.82, 2.24) is 9.55 Å². The molecule has 59 heavy (non-hydrogen) atoms. The third-order valence-electron chi connectivity index (χ3n) is 11.1. The van der Waals surface area contributed by atoms with Crippen LogP contribution >= 0.6 is 34.8 Å². The monoisotopic (exact) mass is 838 g/mol. The molecule has 0 radical (unpaired) electrons. The highest BCUT2D eigenvalue weighted by Crippen LogP contribution is 2.48. The first kappa shape index (κ1) is 39.2. The zero-order valence-corrected chi connectivity index (χ0v) is 33.9. The maximum Gasteiger partial charge on any atom is 0.206 e. The molecule has 7 aromatic carbocycles. The van der Waals surface area contributed by atoms with E-state index in [0.717, 1.165) is 33.4 Å². The van der Waals surface area contributed by atoms with Crippen LogP contribution in [0.25, 0.3) is 11.0 Å². The summed E-state index contributed by atoms with van der Waals surface area (Å²) < 4.78 is 41.4. The van der Waals surface area contributed by atoms with Gasteiger partial charge >= 0.3 is 0 Å². The van der Waals surface area contributed by atoms with Crippen molar-refractivity contribution in [3.8, 4) is 0 Å². The van der Waals surface area contributed by atoms with E-state index in [9.17, 15) is 0 Å². The molecule has 4 atom stereocenters. The molecule has 1 aliphatic heterocycles. The van der Waals surface area contributed by atoms with Crippen molar-refractivity contribution in [3.63, 3.8) is 0 Å². The third kappa shape index (κ3) is 7.14. The molecule has 9 rings (SSSR count). The van der Waals surface area contributed by atoms with Crippen molar-refractivity contribution in [2.75, 3.05) is 6.61 Å². The molecule has 2 heterocycles. The molecule has 8 aromatic rings. The van der Waals surface area contributed by atoms with Crippen LogP contribution in [0, 0.1) is 0 Å². The Kier molecular flexibility index (Phi) is 11.1. The Morgan fingerprint density at radius 3 is 1.32 bits per heavy atom. The SMILES string of the molecule is F[C@H]1[C@H](OC(c2ccccc2)(c2ccccc2)c2ccccc2)[C@@H](COC(c2ccccc2)(c2ccccc2)c2ccccc2)O[C@H]1n1c(Cl)nc2cc(Cl)c(Cl)cc21. The van der Waals surface area contributed by atoms with Gasteiger partial charge in [0.1, 0.15) is 23.4 Å². The van der Waals surface area contributed by atoms with E-state index in [1.54, 1.807) is 12.1 Å². The van der Waals surface area contributed by atoms with Crippen LogP contribution in [0.3, 0.4) is 0 Å². The van der Waals surface area contributed by atoms with Crippen molar-refractivity contribution < 1.29 is 18.6 Å². The Balaban J connectivity index is 1.23. The number of hydrogen-bond donors (Lipinski definition) is 0. The molecular weight excluding hydrogens is 802 g/mol. The number of imidazole rings is 1. The van der Waals surface area contributed by atoms with Gasteiger partial charge in [0.2, 0.25) is 5.28 Å². The van der Waals surface area contributed by atoms with Crippen LogP contribution in [0.2, 0.25) is 15.3 Å². The van der Waals surface area contributed by atoms with Gasteiger partial charge in [-0.15, -0.1) is 0 Å². The molecule has 0 spiro atoms. The van der Waals surface area contributed by atoms with Crippen LogP contribution in [0.4, 0.5) is 4.39 Å². The molecule has 0 saturated carbocycles. The van der Waals surface area contributed by atoms with Crippen LogP contribution in [0.5, 0.6) is 0 Å². The molecule has 294 valence electrons. The predicted molar refractivity (Wildman–Crippen MR) is 233 cm³/mol. The summed E-state index contributed by atoms with van der Waals surface area (Å²) in [6.45, 7) is -0.0917. The molecule has 0 amide bonds. The first-order chi connectivity index (χ1) is 28.9. The van der Waals surface area contributed by atoms with E-state index < -0.39 is 35.8 Å². The highest BCUT2D eigenvalue weighted by molar-refractivity contribution is 6.42. The second-order valence-corrected chi connectivity index (χ2v) is 15.6. The Labute approximate surface area is 357 Å². The fourth-order valence-electron chi connectivity index (χ4n) is 8.38. The van der Waals surface area contributed by atoms with Gasteiger partial charge in [-0.1, -0.05) is 205 Å². The van der Waals surface area contributed by atoms with E-state index in [1.165, 1.54) is 4.57 Å². The summed E-state index contributed by atoms with van der Waals surface area (Å²) in [6, 6.07) is 63.0. The van der Waals surface area contributed by atoms with E-state index >= 15 is 4.39 Å². The van der Waals surface area contributed by atoms with Gasteiger partial charge in [-0.05, 0) is 57.1 Å². The first-order valence-electron chi connectivity index (χ1n) is 19.4. The Morgan fingerprint density at radius 2 is 0.915 bits per heavy atom. The molecule has 0 unspecified atom stereocenters. The van der Waals surface area contributed by atoms with E-state index in [1.807, 2.05) is 182 Å². The molecule has 1 saturated heterocycles. The van der Waals surface area contributed by atoms with Crippen LogP contribution in [0.1, 0.15) is 39.6 Å². The van der Waals surface area contributed by atoms with Gasteiger partial charge in [0, 0.05) is 0 Å². The van der Waals surface area contributed by atoms with Gasteiger partial charge < -0.3 is 14.2 Å². The highest BCUT2D eigenvalue weighted by atomic mass is 35.5. The van der Waals surface area contributed by atoms with Crippen molar-refractivity contribution in [1.29, 1.82) is 0 Å². The minimum absolute atomic E-state index is 0.0129. The molecule has 1 aromatic heterocycles. The second-order valence-electron chi connectivity index (χ2n) is 14.5. The minimum atomic E-state index is -1.79. The third-order valence-corrected chi connectivity index (χ3v) is 12.1. The normalized spacial score (nSPS) is 18.3. The van der Waals surface area contributed by atoms with E-state index in [-0.39, 0.29) is 16.9 Å². The molecule has 1 aliphatic rings. The molecule has 0 aliphatic carbocycles. The minimum Gasteiger partial charge on any atom is -0.358 e. The second kappa shape index (κ2) is 16.7. The smallest absolute Gasteiger partial charge is 0.206 e. The lowest BCUT2D eigenvalue weighted by Crippen LogP contribution is -2.45. The molecule has 0 bridgehead atoms. The number of nitrogens with zero attached hydrogens (tertiary/aromatic N) is 2. The summed E-state index contributed by atoms with van der Waals surface area (Å²) >= 11 is 19.8. The lowest BCUT2D eigenvalue weighted by Gasteiger charge is -2.40. The van der Waals surface area contributed by atoms with Gasteiger partial charge in [-0.25, -0.2) is 9.37 Å². The first-order valence-corrected chi connectivity index (χ1v) is 20.5. The standard InChI is InChI=1S/C50H38Cl3FN2O3/c51-40-31-42-43(32-41(40)52)56(48(53)55-42)47-45(54)46(59-50(37-25-13-4-14-26-37,38-27-15-5-16-28-38)39-29-17-6-18-30-39)44(58-47)33-57-49(34-19-7-1-8-20-34,35-21-9-2-10-22-35)36-23-11-3-12-24-36/h1-32,44-47H,33H2/t44-,45+,46-,47-/m1/s1. The zero-order valence-electron chi connectivity index (χ0n) is 31.6. The average Bonchev–Trinajstić information content (AvgIpc) is 3.77. The lowest BCUT2D eigenvalue weighted by molar-refractivity contribution is -0.128. The van der Waals surface area contributed by atoms with Gasteiger partial charge in [-0.3, -0.25) is 4.57 Å². The Bertz CT molecular complexity index is 2440.